The Morgan fingerprint density at radius 2 is 1.64 bits per heavy atom. The Labute approximate surface area is 145 Å². The van der Waals surface area contributed by atoms with Crippen LogP contribution in [0.1, 0.15) is 24.8 Å². The molecule has 2 rings (SSSR count). The number of carbonyl (C=O) groups is 3. The molecular formula is C18H22O7. The number of hydrogen-bond donors (Lipinski definition) is 1. The Morgan fingerprint density at radius 1 is 1.08 bits per heavy atom. The number of benzene rings is 1. The highest BCUT2D eigenvalue weighted by Gasteiger charge is 2.56. The lowest BCUT2D eigenvalue weighted by molar-refractivity contribution is -0.170. The number of ether oxygens (including phenoxy) is 3. The van der Waals surface area contributed by atoms with Crippen molar-refractivity contribution >= 4 is 17.7 Å². The zero-order valence-electron chi connectivity index (χ0n) is 14.6. The van der Waals surface area contributed by atoms with Crippen molar-refractivity contribution in [2.24, 2.45) is 11.8 Å². The van der Waals surface area contributed by atoms with Gasteiger partial charge in [0.05, 0.1) is 32.8 Å². The van der Waals surface area contributed by atoms with Gasteiger partial charge < -0.3 is 19.3 Å². The molecule has 1 aliphatic carbocycles. The molecular weight excluding hydrogens is 328 g/mol. The second kappa shape index (κ2) is 7.23. The molecule has 1 N–H and O–H groups in total. The average molecular weight is 350 g/mol. The fourth-order valence-corrected chi connectivity index (χ4v) is 3.50. The van der Waals surface area contributed by atoms with Crippen LogP contribution in [-0.2, 0) is 23.9 Å². The molecule has 7 nitrogen and oxygen atoms in total. The molecule has 1 fully saturated rings. The number of esters is 2. The molecule has 4 atom stereocenters. The lowest BCUT2D eigenvalue weighted by Gasteiger charge is -2.43. The maximum Gasteiger partial charge on any atom is 0.316 e. The molecule has 1 aromatic rings. The van der Waals surface area contributed by atoms with E-state index < -0.39 is 41.1 Å². The van der Waals surface area contributed by atoms with E-state index >= 15 is 0 Å². The van der Waals surface area contributed by atoms with Gasteiger partial charge in [0.25, 0.3) is 0 Å². The van der Waals surface area contributed by atoms with Crippen molar-refractivity contribution < 1.29 is 33.7 Å². The lowest BCUT2D eigenvalue weighted by atomic mass is 9.62. The minimum Gasteiger partial charge on any atom is -0.497 e. The van der Waals surface area contributed by atoms with Crippen molar-refractivity contribution in [1.82, 2.24) is 0 Å². The van der Waals surface area contributed by atoms with Crippen molar-refractivity contribution in [3.63, 3.8) is 0 Å². The smallest absolute Gasteiger partial charge is 0.316 e. The molecule has 0 saturated heterocycles. The van der Waals surface area contributed by atoms with Crippen molar-refractivity contribution in [3.05, 3.63) is 29.8 Å². The predicted molar refractivity (Wildman–Crippen MR) is 87.0 cm³/mol. The molecule has 0 heterocycles. The van der Waals surface area contributed by atoms with Gasteiger partial charge in [-0.1, -0.05) is 12.1 Å². The number of ketones is 1. The minimum atomic E-state index is -1.64. The third kappa shape index (κ3) is 3.51. The fourth-order valence-electron chi connectivity index (χ4n) is 3.50. The van der Waals surface area contributed by atoms with E-state index in [4.69, 9.17) is 14.2 Å². The third-order valence-electron chi connectivity index (χ3n) is 4.68. The highest BCUT2D eigenvalue weighted by atomic mass is 16.5. The van der Waals surface area contributed by atoms with Gasteiger partial charge in [-0.3, -0.25) is 14.4 Å². The number of carbonyl (C=O) groups excluding carboxylic acids is 3. The summed E-state index contributed by atoms with van der Waals surface area (Å²) in [5.41, 5.74) is -1.10. The zero-order valence-corrected chi connectivity index (χ0v) is 14.6. The van der Waals surface area contributed by atoms with Gasteiger partial charge in [0.2, 0.25) is 0 Å². The second-order valence-electron chi connectivity index (χ2n) is 6.30. The maximum absolute atomic E-state index is 12.5. The standard InChI is InChI=1S/C18H22O7/c1-18(22)9-12(19)14(16(20)24-3)13(15(18)17(21)25-4)10-5-7-11(23-2)8-6-10/h5-8,13-15,22H,9H2,1-4H3/t13-,14-,15+,18+/m0/s1. The summed E-state index contributed by atoms with van der Waals surface area (Å²) in [7, 11) is 3.89. The lowest BCUT2D eigenvalue weighted by Crippen LogP contribution is -2.55. The molecule has 0 unspecified atom stereocenters. The summed E-state index contributed by atoms with van der Waals surface area (Å²) in [6.45, 7) is 1.40. The first-order valence-electron chi connectivity index (χ1n) is 7.81. The molecule has 136 valence electrons. The van der Waals surface area contributed by atoms with Crippen LogP contribution in [0.4, 0.5) is 0 Å². The van der Waals surface area contributed by atoms with E-state index in [1.165, 1.54) is 28.3 Å². The van der Waals surface area contributed by atoms with Gasteiger partial charge in [-0.15, -0.1) is 0 Å². The zero-order chi connectivity index (χ0) is 18.8. The third-order valence-corrected chi connectivity index (χ3v) is 4.68. The van der Waals surface area contributed by atoms with Gasteiger partial charge in [0.15, 0.2) is 5.78 Å². The van der Waals surface area contributed by atoms with Crippen LogP contribution < -0.4 is 4.74 Å². The molecule has 0 aromatic heterocycles. The maximum atomic E-state index is 12.5. The molecule has 0 bridgehead atoms. The summed E-state index contributed by atoms with van der Waals surface area (Å²) >= 11 is 0. The first kappa shape index (κ1) is 18.9. The van der Waals surface area contributed by atoms with Crippen molar-refractivity contribution in [3.8, 4) is 5.75 Å². The Morgan fingerprint density at radius 3 is 2.12 bits per heavy atom. The van der Waals surface area contributed by atoms with Crippen LogP contribution in [-0.4, -0.2) is 49.8 Å². The molecule has 0 radical (unpaired) electrons. The van der Waals surface area contributed by atoms with Crippen LogP contribution in [0, 0.1) is 11.8 Å². The minimum absolute atomic E-state index is 0.334. The number of rotatable bonds is 4. The van der Waals surface area contributed by atoms with Crippen molar-refractivity contribution in [2.75, 3.05) is 21.3 Å². The van der Waals surface area contributed by atoms with Crippen molar-refractivity contribution in [1.29, 1.82) is 0 Å². The molecule has 0 aliphatic heterocycles. The van der Waals surface area contributed by atoms with E-state index in [1.807, 2.05) is 0 Å². The monoisotopic (exact) mass is 350 g/mol. The molecule has 1 aliphatic rings. The Balaban J connectivity index is 2.61. The Kier molecular flexibility index (Phi) is 5.47. The Hall–Kier alpha value is -2.41. The fraction of sp³-hybridized carbons (Fsp3) is 0.500. The summed E-state index contributed by atoms with van der Waals surface area (Å²) in [4.78, 5) is 37.2. The average Bonchev–Trinajstić information content (AvgIpc) is 2.59. The SMILES string of the molecule is COC(=O)[C@H]1C(=O)C[C@@](C)(O)[C@@H](C(=O)OC)[C@H]1c1ccc(OC)cc1. The highest BCUT2D eigenvalue weighted by Crippen LogP contribution is 2.46. The summed E-state index contributed by atoms with van der Waals surface area (Å²) in [6, 6.07) is 6.63. The molecule has 0 amide bonds. The normalized spacial score (nSPS) is 29.0. The Bertz CT molecular complexity index is 663. The highest BCUT2D eigenvalue weighted by molar-refractivity contribution is 6.02. The second-order valence-corrected chi connectivity index (χ2v) is 6.30. The molecule has 25 heavy (non-hydrogen) atoms. The molecule has 1 aromatic carbocycles. The number of Topliss-reactive ketones (excluding diaryl/α,β-unsaturated/α-hetero) is 1. The van der Waals surface area contributed by atoms with Crippen LogP contribution in [0.5, 0.6) is 5.75 Å². The van der Waals surface area contributed by atoms with E-state index in [0.29, 0.717) is 11.3 Å². The van der Waals surface area contributed by atoms with Crippen LogP contribution in [0.25, 0.3) is 0 Å². The van der Waals surface area contributed by atoms with Gasteiger partial charge in [0, 0.05) is 12.3 Å². The topological polar surface area (TPSA) is 99.1 Å². The van der Waals surface area contributed by atoms with E-state index in [-0.39, 0.29) is 6.42 Å². The summed E-state index contributed by atoms with van der Waals surface area (Å²) < 4.78 is 14.7. The van der Waals surface area contributed by atoms with Gasteiger partial charge >= 0.3 is 11.9 Å². The van der Waals surface area contributed by atoms with E-state index in [0.717, 1.165) is 0 Å². The first-order valence-corrected chi connectivity index (χ1v) is 7.81. The number of aliphatic hydroxyl groups is 1. The largest absolute Gasteiger partial charge is 0.497 e. The van der Waals surface area contributed by atoms with E-state index in [9.17, 15) is 19.5 Å². The summed E-state index contributed by atoms with van der Waals surface area (Å²) in [5, 5.41) is 10.7. The molecule has 7 heteroatoms. The van der Waals surface area contributed by atoms with Gasteiger partial charge in [0.1, 0.15) is 11.7 Å². The quantitative estimate of drug-likeness (QED) is 0.641. The molecule has 1 saturated carbocycles. The first-order chi connectivity index (χ1) is 11.8. The van der Waals surface area contributed by atoms with Crippen LogP contribution in [0.3, 0.4) is 0 Å². The predicted octanol–water partition coefficient (Wildman–Crippen LogP) is 1.08. The van der Waals surface area contributed by atoms with Crippen LogP contribution >= 0.6 is 0 Å². The van der Waals surface area contributed by atoms with Gasteiger partial charge in [-0.05, 0) is 24.6 Å². The van der Waals surface area contributed by atoms with E-state index in [2.05, 4.69) is 0 Å². The van der Waals surface area contributed by atoms with Crippen molar-refractivity contribution in [2.45, 2.75) is 24.9 Å². The van der Waals surface area contributed by atoms with Crippen LogP contribution in [0.15, 0.2) is 24.3 Å². The van der Waals surface area contributed by atoms with Gasteiger partial charge in [-0.2, -0.15) is 0 Å². The van der Waals surface area contributed by atoms with Gasteiger partial charge in [-0.25, -0.2) is 0 Å². The van der Waals surface area contributed by atoms with Crippen LogP contribution in [0.2, 0.25) is 0 Å². The summed E-state index contributed by atoms with van der Waals surface area (Å²) in [5.74, 6) is -4.50. The number of methoxy groups -OCH3 is 3. The number of hydrogen-bond acceptors (Lipinski definition) is 7. The summed E-state index contributed by atoms with van der Waals surface area (Å²) in [6.07, 6.45) is -0.334. The molecule has 0 spiro atoms. The van der Waals surface area contributed by atoms with E-state index in [1.54, 1.807) is 24.3 Å².